The van der Waals surface area contributed by atoms with Gasteiger partial charge in [-0.3, -0.25) is 4.79 Å². The summed E-state index contributed by atoms with van der Waals surface area (Å²) in [4.78, 5) is 12.0. The van der Waals surface area contributed by atoms with E-state index in [-0.39, 0.29) is 35.0 Å². The summed E-state index contributed by atoms with van der Waals surface area (Å²) in [5, 5.41) is 15.7. The van der Waals surface area contributed by atoms with Crippen molar-refractivity contribution < 1.29 is 40.8 Å². The summed E-state index contributed by atoms with van der Waals surface area (Å²) < 4.78 is 83.1. The number of nitrogens with one attached hydrogen (secondary N) is 1. The molecular weight excluding hydrogens is 418 g/mol. The summed E-state index contributed by atoms with van der Waals surface area (Å²) in [6.07, 6.45) is -9.31. The van der Waals surface area contributed by atoms with Gasteiger partial charge in [-0.25, -0.2) is 0 Å². The third-order valence-corrected chi connectivity index (χ3v) is 4.54. The number of hydrogen-bond donors (Lipinski definition) is 2. The maximum Gasteiger partial charge on any atom is 0.430 e. The molecule has 1 amide bonds. The van der Waals surface area contributed by atoms with Gasteiger partial charge in [-0.15, -0.1) is 0 Å². The first kappa shape index (κ1) is 23.7. The molecule has 1 aromatic carbocycles. The Morgan fingerprint density at radius 2 is 1.63 bits per heavy atom. The number of aryl methyl sites for hydroxylation is 1. The number of unbranched alkanes of at least 4 members (excludes halogenated alkanes) is 2. The molecule has 5 nitrogen and oxygen atoms in total. The standard InChI is InChI=1S/C19H20F6N2O3/c1-3-4-5-6-14(28)26-16-15(11(2)30-27-16)12-7-9-13(10-8-12)17(29,18(20,21)22)19(23,24)25/h7-10,29H,3-6H2,1-2H3,(H,26,27,28). The van der Waals surface area contributed by atoms with Crippen molar-refractivity contribution in [2.45, 2.75) is 57.5 Å². The Morgan fingerprint density at radius 1 is 1.07 bits per heavy atom. The number of carbonyl (C=O) groups excluding carboxylic acids is 1. The van der Waals surface area contributed by atoms with E-state index in [0.717, 1.165) is 25.0 Å². The number of amides is 1. The van der Waals surface area contributed by atoms with E-state index >= 15 is 0 Å². The Balaban J connectivity index is 2.35. The molecule has 1 heterocycles. The highest BCUT2D eigenvalue weighted by Crippen LogP contribution is 2.50. The first-order valence-corrected chi connectivity index (χ1v) is 9.05. The second-order valence-electron chi connectivity index (χ2n) is 6.75. The van der Waals surface area contributed by atoms with Gasteiger partial charge < -0.3 is 14.9 Å². The topological polar surface area (TPSA) is 75.4 Å². The molecule has 0 aliphatic rings. The molecule has 0 bridgehead atoms. The van der Waals surface area contributed by atoms with Crippen LogP contribution in [0.15, 0.2) is 28.8 Å². The molecule has 0 atom stereocenters. The molecule has 0 fully saturated rings. The minimum Gasteiger partial charge on any atom is -0.369 e. The van der Waals surface area contributed by atoms with E-state index in [2.05, 4.69) is 10.5 Å². The van der Waals surface area contributed by atoms with Crippen LogP contribution in [-0.2, 0) is 10.4 Å². The number of benzene rings is 1. The number of halogens is 6. The van der Waals surface area contributed by atoms with Crippen LogP contribution < -0.4 is 5.32 Å². The van der Waals surface area contributed by atoms with Crippen molar-refractivity contribution in [3.05, 3.63) is 35.6 Å². The second kappa shape index (κ2) is 8.66. The van der Waals surface area contributed by atoms with Gasteiger partial charge in [-0.1, -0.05) is 49.2 Å². The second-order valence-corrected chi connectivity index (χ2v) is 6.75. The van der Waals surface area contributed by atoms with Crippen molar-refractivity contribution in [1.29, 1.82) is 0 Å². The molecule has 0 saturated heterocycles. The smallest absolute Gasteiger partial charge is 0.369 e. The number of nitrogens with zero attached hydrogens (tertiary/aromatic N) is 1. The zero-order valence-electron chi connectivity index (χ0n) is 16.1. The fourth-order valence-electron chi connectivity index (χ4n) is 2.89. The van der Waals surface area contributed by atoms with E-state index in [4.69, 9.17) is 4.52 Å². The largest absolute Gasteiger partial charge is 0.430 e. The summed E-state index contributed by atoms with van der Waals surface area (Å²) in [5.41, 5.74) is -6.02. The van der Waals surface area contributed by atoms with Crippen LogP contribution in [0.5, 0.6) is 0 Å². The van der Waals surface area contributed by atoms with E-state index in [1.165, 1.54) is 6.92 Å². The van der Waals surface area contributed by atoms with Crippen molar-refractivity contribution >= 4 is 11.7 Å². The number of rotatable bonds is 7. The summed E-state index contributed by atoms with van der Waals surface area (Å²) in [6.45, 7) is 3.45. The zero-order chi connectivity index (χ0) is 22.7. The summed E-state index contributed by atoms with van der Waals surface area (Å²) in [6, 6.07) is 2.97. The maximum absolute atomic E-state index is 13.0. The van der Waals surface area contributed by atoms with Gasteiger partial charge in [-0.05, 0) is 18.9 Å². The Morgan fingerprint density at radius 3 is 2.13 bits per heavy atom. The van der Waals surface area contributed by atoms with Gasteiger partial charge in [0.25, 0.3) is 5.60 Å². The van der Waals surface area contributed by atoms with Gasteiger partial charge in [0, 0.05) is 12.0 Å². The lowest BCUT2D eigenvalue weighted by Crippen LogP contribution is -2.53. The molecule has 0 saturated carbocycles. The van der Waals surface area contributed by atoms with Gasteiger partial charge >= 0.3 is 12.4 Å². The van der Waals surface area contributed by atoms with Crippen LogP contribution in [0, 0.1) is 6.92 Å². The van der Waals surface area contributed by atoms with Crippen LogP contribution >= 0.6 is 0 Å². The van der Waals surface area contributed by atoms with E-state index in [9.17, 15) is 36.2 Å². The van der Waals surface area contributed by atoms with Gasteiger partial charge in [0.1, 0.15) is 5.76 Å². The predicted octanol–water partition coefficient (Wildman–Crippen LogP) is 5.48. The molecule has 11 heteroatoms. The van der Waals surface area contributed by atoms with Crippen LogP contribution in [0.3, 0.4) is 0 Å². The molecule has 2 N–H and O–H groups in total. The third kappa shape index (κ3) is 4.61. The van der Waals surface area contributed by atoms with Crippen LogP contribution in [0.25, 0.3) is 11.1 Å². The summed E-state index contributed by atoms with van der Waals surface area (Å²) in [5.74, 6) is -0.143. The average molecular weight is 438 g/mol. The van der Waals surface area contributed by atoms with Crippen LogP contribution in [-0.4, -0.2) is 28.5 Å². The number of hydrogen-bond acceptors (Lipinski definition) is 4. The van der Waals surface area contributed by atoms with E-state index < -0.39 is 23.5 Å². The Hall–Kier alpha value is -2.56. The van der Waals surface area contributed by atoms with Gasteiger partial charge in [0.2, 0.25) is 5.91 Å². The van der Waals surface area contributed by atoms with E-state index in [1.54, 1.807) is 0 Å². The monoisotopic (exact) mass is 438 g/mol. The van der Waals surface area contributed by atoms with Crippen LogP contribution in [0.2, 0.25) is 0 Å². The first-order valence-electron chi connectivity index (χ1n) is 9.05. The Bertz CT molecular complexity index is 858. The molecule has 166 valence electrons. The molecule has 0 radical (unpaired) electrons. The molecule has 0 spiro atoms. The number of aliphatic hydroxyl groups is 1. The van der Waals surface area contributed by atoms with Crippen molar-refractivity contribution in [2.24, 2.45) is 0 Å². The summed E-state index contributed by atoms with van der Waals surface area (Å²) >= 11 is 0. The van der Waals surface area contributed by atoms with Gasteiger partial charge in [-0.2, -0.15) is 26.3 Å². The number of aromatic nitrogens is 1. The first-order chi connectivity index (χ1) is 13.8. The fourth-order valence-corrected chi connectivity index (χ4v) is 2.89. The minimum atomic E-state index is -5.97. The minimum absolute atomic E-state index is 0.00338. The molecular formula is C19H20F6N2O3. The van der Waals surface area contributed by atoms with Crippen molar-refractivity contribution in [2.75, 3.05) is 5.32 Å². The average Bonchev–Trinajstić information content (AvgIpc) is 2.99. The molecule has 0 aliphatic heterocycles. The number of carbonyl (C=O) groups is 1. The molecule has 2 aromatic rings. The predicted molar refractivity (Wildman–Crippen MR) is 95.5 cm³/mol. The maximum atomic E-state index is 13.0. The summed E-state index contributed by atoms with van der Waals surface area (Å²) in [7, 11) is 0. The lowest BCUT2D eigenvalue weighted by atomic mass is 9.90. The van der Waals surface area contributed by atoms with Crippen molar-refractivity contribution in [1.82, 2.24) is 5.16 Å². The lowest BCUT2D eigenvalue weighted by molar-refractivity contribution is -0.376. The molecule has 1 aromatic heterocycles. The molecule has 0 aliphatic carbocycles. The zero-order valence-corrected chi connectivity index (χ0v) is 16.1. The van der Waals surface area contributed by atoms with Gasteiger partial charge in [0.05, 0.1) is 5.56 Å². The highest BCUT2D eigenvalue weighted by atomic mass is 19.4. The molecule has 2 rings (SSSR count). The molecule has 0 unspecified atom stereocenters. The highest BCUT2D eigenvalue weighted by Gasteiger charge is 2.71. The van der Waals surface area contributed by atoms with E-state index in [1.807, 2.05) is 6.92 Å². The quantitative estimate of drug-likeness (QED) is 0.443. The number of alkyl halides is 6. The van der Waals surface area contributed by atoms with Crippen LogP contribution in [0.1, 0.15) is 43.9 Å². The highest BCUT2D eigenvalue weighted by molar-refractivity contribution is 5.94. The van der Waals surface area contributed by atoms with Crippen molar-refractivity contribution in [3.8, 4) is 11.1 Å². The lowest BCUT2D eigenvalue weighted by Gasteiger charge is -2.32. The van der Waals surface area contributed by atoms with Gasteiger partial charge in [0.15, 0.2) is 5.82 Å². The normalized spacial score (nSPS) is 12.8. The Kier molecular flexibility index (Phi) is 6.85. The SMILES string of the molecule is CCCCCC(=O)Nc1noc(C)c1-c1ccc(C(O)(C(F)(F)F)C(F)(F)F)cc1. The third-order valence-electron chi connectivity index (χ3n) is 4.54. The fraction of sp³-hybridized carbons (Fsp3) is 0.474. The van der Waals surface area contributed by atoms with Crippen LogP contribution in [0.4, 0.5) is 32.2 Å². The Labute approximate surface area is 168 Å². The van der Waals surface area contributed by atoms with E-state index in [0.29, 0.717) is 18.6 Å². The van der Waals surface area contributed by atoms with Crippen molar-refractivity contribution in [3.63, 3.8) is 0 Å². The number of anilines is 1. The molecule has 30 heavy (non-hydrogen) atoms.